The van der Waals surface area contributed by atoms with E-state index >= 15 is 0 Å². The average Bonchev–Trinajstić information content (AvgIpc) is 3.20. The maximum Gasteiger partial charge on any atom is 0.307 e. The Hall–Kier alpha value is -3.29. The fourth-order valence-corrected chi connectivity index (χ4v) is 3.33. The zero-order valence-corrected chi connectivity index (χ0v) is 15.1. The number of nitrogens with one attached hydrogen (secondary N) is 2. The molecule has 28 heavy (non-hydrogen) atoms. The highest BCUT2D eigenvalue weighted by Gasteiger charge is 2.65. The van der Waals surface area contributed by atoms with Crippen LogP contribution in [0.25, 0.3) is 0 Å². The van der Waals surface area contributed by atoms with E-state index in [1.54, 1.807) is 19.9 Å². The molecule has 1 saturated carbocycles. The van der Waals surface area contributed by atoms with Crippen LogP contribution in [0.3, 0.4) is 0 Å². The number of hydrogen-bond acceptors (Lipinski definition) is 3. The molecule has 1 fully saturated rings. The monoisotopic (exact) mass is 388 g/mol. The topological polar surface area (TPSA) is 95.5 Å². The van der Waals surface area contributed by atoms with Gasteiger partial charge < -0.3 is 15.7 Å². The minimum atomic E-state index is -1.03. The fourth-order valence-electron chi connectivity index (χ4n) is 3.33. The molecule has 6 nitrogen and oxygen atoms in total. The lowest BCUT2D eigenvalue weighted by Gasteiger charge is -2.09. The van der Waals surface area contributed by atoms with Crippen molar-refractivity contribution in [2.75, 3.05) is 10.6 Å². The van der Waals surface area contributed by atoms with E-state index in [1.807, 2.05) is 0 Å². The van der Waals surface area contributed by atoms with E-state index in [0.29, 0.717) is 11.8 Å². The number of carboxylic acid groups (broad SMARTS) is 1. The predicted molar refractivity (Wildman–Crippen MR) is 97.8 cm³/mol. The number of amides is 2. The summed E-state index contributed by atoms with van der Waals surface area (Å²) in [7, 11) is 0. The fraction of sp³-hybridized carbons (Fsp3) is 0.250. The maximum atomic E-state index is 13.7. The number of anilines is 2. The van der Waals surface area contributed by atoms with Crippen molar-refractivity contribution < 1.29 is 28.3 Å². The third-order valence-corrected chi connectivity index (χ3v) is 4.95. The normalized spacial score (nSPS) is 19.6. The van der Waals surface area contributed by atoms with Crippen LogP contribution < -0.4 is 10.6 Å². The smallest absolute Gasteiger partial charge is 0.307 e. The molecule has 0 heterocycles. The summed E-state index contributed by atoms with van der Waals surface area (Å²) in [4.78, 5) is 35.9. The van der Waals surface area contributed by atoms with E-state index in [-0.39, 0.29) is 11.3 Å². The van der Waals surface area contributed by atoms with Gasteiger partial charge in [0.15, 0.2) is 0 Å². The number of carboxylic acids is 1. The van der Waals surface area contributed by atoms with Crippen LogP contribution in [0.5, 0.6) is 0 Å². The largest absolute Gasteiger partial charge is 0.481 e. The molecule has 0 unspecified atom stereocenters. The standard InChI is InChI=1S/C20H18F2N2O4/c1-20(2)15(16(20)19(27)28)18(26)23-12-5-3-4-10(8-12)17(25)24-14-7-6-11(21)9-13(14)22/h3-9,15-16H,1-2H3,(H,23,26)(H,24,25)(H,27,28)/t15-,16+/m1/s1. The molecule has 2 amide bonds. The third-order valence-electron chi connectivity index (χ3n) is 4.95. The second-order valence-corrected chi connectivity index (χ2v) is 7.26. The van der Waals surface area contributed by atoms with Gasteiger partial charge in [-0.25, -0.2) is 8.78 Å². The molecule has 146 valence electrons. The Bertz CT molecular complexity index is 974. The highest BCUT2D eigenvalue weighted by Crippen LogP contribution is 2.58. The minimum Gasteiger partial charge on any atom is -0.481 e. The highest BCUT2D eigenvalue weighted by molar-refractivity contribution is 6.06. The van der Waals surface area contributed by atoms with Crippen molar-refractivity contribution in [1.82, 2.24) is 0 Å². The van der Waals surface area contributed by atoms with Gasteiger partial charge in [0.25, 0.3) is 5.91 Å². The Morgan fingerprint density at radius 1 is 1.00 bits per heavy atom. The lowest BCUT2D eigenvalue weighted by Crippen LogP contribution is -2.18. The second kappa shape index (κ2) is 7.03. The second-order valence-electron chi connectivity index (χ2n) is 7.26. The van der Waals surface area contributed by atoms with Crippen molar-refractivity contribution >= 4 is 29.2 Å². The summed E-state index contributed by atoms with van der Waals surface area (Å²) in [6.45, 7) is 3.41. The molecule has 2 aromatic rings. The summed E-state index contributed by atoms with van der Waals surface area (Å²) in [5.74, 6) is -5.22. The van der Waals surface area contributed by atoms with Crippen molar-refractivity contribution in [3.63, 3.8) is 0 Å². The van der Waals surface area contributed by atoms with Crippen LogP contribution >= 0.6 is 0 Å². The summed E-state index contributed by atoms with van der Waals surface area (Å²) in [5.41, 5.74) is -0.370. The van der Waals surface area contributed by atoms with Gasteiger partial charge in [0.05, 0.1) is 17.5 Å². The Balaban J connectivity index is 1.71. The lowest BCUT2D eigenvalue weighted by atomic mass is 10.1. The van der Waals surface area contributed by atoms with Gasteiger partial charge in [-0.2, -0.15) is 0 Å². The summed E-state index contributed by atoms with van der Waals surface area (Å²) in [6, 6.07) is 8.72. The molecule has 0 radical (unpaired) electrons. The Kier molecular flexibility index (Phi) is 4.89. The van der Waals surface area contributed by atoms with Gasteiger partial charge in [0.2, 0.25) is 5.91 Å². The van der Waals surface area contributed by atoms with Gasteiger partial charge >= 0.3 is 5.97 Å². The van der Waals surface area contributed by atoms with Gasteiger partial charge in [-0.15, -0.1) is 0 Å². The van der Waals surface area contributed by atoms with Crippen molar-refractivity contribution in [3.05, 3.63) is 59.7 Å². The van der Waals surface area contributed by atoms with Gasteiger partial charge in [-0.3, -0.25) is 14.4 Å². The lowest BCUT2D eigenvalue weighted by molar-refractivity contribution is -0.140. The molecule has 2 aromatic carbocycles. The van der Waals surface area contributed by atoms with Crippen LogP contribution in [0.2, 0.25) is 0 Å². The number of hydrogen-bond donors (Lipinski definition) is 3. The van der Waals surface area contributed by atoms with Crippen molar-refractivity contribution in [2.24, 2.45) is 17.3 Å². The van der Waals surface area contributed by atoms with Gasteiger partial charge in [-0.1, -0.05) is 19.9 Å². The summed E-state index contributed by atoms with van der Waals surface area (Å²) < 4.78 is 26.6. The summed E-state index contributed by atoms with van der Waals surface area (Å²) >= 11 is 0. The number of carbonyl (C=O) groups is 3. The Morgan fingerprint density at radius 2 is 1.71 bits per heavy atom. The molecule has 0 saturated heterocycles. The number of aliphatic carboxylic acids is 1. The van der Waals surface area contributed by atoms with Crippen molar-refractivity contribution in [2.45, 2.75) is 13.8 Å². The van der Waals surface area contributed by atoms with Crippen LogP contribution in [-0.2, 0) is 9.59 Å². The van der Waals surface area contributed by atoms with Crippen molar-refractivity contribution in [3.8, 4) is 0 Å². The van der Waals surface area contributed by atoms with Crippen molar-refractivity contribution in [1.29, 1.82) is 0 Å². The van der Waals surface area contributed by atoms with E-state index in [0.717, 1.165) is 12.1 Å². The van der Waals surface area contributed by atoms with E-state index in [2.05, 4.69) is 10.6 Å². The SMILES string of the molecule is CC1(C)[C@H](C(=O)O)[C@@H]1C(=O)Nc1cccc(C(=O)Nc2ccc(F)cc2F)c1. The molecule has 0 bridgehead atoms. The first-order valence-corrected chi connectivity index (χ1v) is 8.51. The summed E-state index contributed by atoms with van der Waals surface area (Å²) in [6.07, 6.45) is 0. The molecule has 3 N–H and O–H groups in total. The van der Waals surface area contributed by atoms with E-state index in [4.69, 9.17) is 0 Å². The molecule has 2 atom stereocenters. The zero-order valence-electron chi connectivity index (χ0n) is 15.1. The molecule has 1 aliphatic carbocycles. The van der Waals surface area contributed by atoms with Crippen LogP contribution in [0, 0.1) is 28.9 Å². The minimum absolute atomic E-state index is 0.145. The van der Waals surface area contributed by atoms with E-state index in [1.165, 1.54) is 18.2 Å². The predicted octanol–water partition coefficient (Wildman–Crippen LogP) is 3.51. The molecule has 0 aromatic heterocycles. The molecule has 1 aliphatic rings. The Morgan fingerprint density at radius 3 is 2.32 bits per heavy atom. The van der Waals surface area contributed by atoms with E-state index in [9.17, 15) is 28.3 Å². The molecular formula is C20H18F2N2O4. The van der Waals surface area contributed by atoms with Gasteiger partial charge in [0.1, 0.15) is 11.6 Å². The molecule has 0 aliphatic heterocycles. The molecule has 0 spiro atoms. The van der Waals surface area contributed by atoms with Crippen LogP contribution in [-0.4, -0.2) is 22.9 Å². The van der Waals surface area contributed by atoms with Crippen LogP contribution in [0.15, 0.2) is 42.5 Å². The first kappa shape index (κ1) is 19.5. The molecule has 8 heteroatoms. The maximum absolute atomic E-state index is 13.7. The zero-order chi connectivity index (χ0) is 20.6. The third kappa shape index (κ3) is 3.71. The summed E-state index contributed by atoms with van der Waals surface area (Å²) in [5, 5.41) is 14.1. The number of benzene rings is 2. The first-order valence-electron chi connectivity index (χ1n) is 8.51. The molecular weight excluding hydrogens is 370 g/mol. The first-order chi connectivity index (χ1) is 13.1. The Labute approximate surface area is 159 Å². The quantitative estimate of drug-likeness (QED) is 0.730. The number of halogens is 2. The number of carbonyl (C=O) groups excluding carboxylic acids is 2. The van der Waals surface area contributed by atoms with E-state index < -0.39 is 46.7 Å². The molecule has 3 rings (SSSR count). The highest BCUT2D eigenvalue weighted by atomic mass is 19.1. The van der Waals surface area contributed by atoms with Gasteiger partial charge in [-0.05, 0) is 35.7 Å². The average molecular weight is 388 g/mol. The number of rotatable bonds is 5. The van der Waals surface area contributed by atoms with Crippen LogP contribution in [0.4, 0.5) is 20.2 Å². The van der Waals surface area contributed by atoms with Gasteiger partial charge in [0, 0.05) is 17.3 Å². The van der Waals surface area contributed by atoms with Crippen LogP contribution in [0.1, 0.15) is 24.2 Å².